The topological polar surface area (TPSA) is 9.86 Å². The zero-order valence-electron chi connectivity index (χ0n) is 34.2. The van der Waals surface area contributed by atoms with Gasteiger partial charge in [0.15, 0.2) is 0 Å². The molecule has 0 unspecified atom stereocenters. The SMILES string of the molecule is CC(C)(C)c1cccc(-c2cc(-c3ccc(-n4c5ccccc5c5ccc(-c6ccccc6C(C)(C)C)cc54)cc3)c3c4ccccc4n(-c4ccccc4)c3c2)c1. The molecule has 282 valence electrons. The van der Waals surface area contributed by atoms with Crippen molar-refractivity contribution in [3.8, 4) is 44.8 Å². The molecule has 10 aromatic rings. The van der Waals surface area contributed by atoms with E-state index in [-0.39, 0.29) is 10.8 Å². The summed E-state index contributed by atoms with van der Waals surface area (Å²) in [4.78, 5) is 0. The lowest BCUT2D eigenvalue weighted by molar-refractivity contribution is 0.590. The zero-order valence-corrected chi connectivity index (χ0v) is 34.2. The van der Waals surface area contributed by atoms with Gasteiger partial charge < -0.3 is 9.13 Å². The predicted molar refractivity (Wildman–Crippen MR) is 249 cm³/mol. The molecule has 2 heteroatoms. The van der Waals surface area contributed by atoms with E-state index in [0.717, 1.165) is 11.4 Å². The van der Waals surface area contributed by atoms with E-state index in [4.69, 9.17) is 0 Å². The van der Waals surface area contributed by atoms with E-state index >= 15 is 0 Å². The van der Waals surface area contributed by atoms with Crippen LogP contribution in [0.15, 0.2) is 182 Å². The lowest BCUT2D eigenvalue weighted by atomic mass is 9.82. The largest absolute Gasteiger partial charge is 0.309 e. The molecule has 0 atom stereocenters. The molecule has 0 fully saturated rings. The standard InChI is InChI=1S/C56H48N2/c1-55(2,3)41-18-16-17-38(33-41)40-34-48(54-47-23-12-15-26-51(47)58(53(54)36-40)42-19-8-7-9-20-42)37-27-30-43(31-28-37)57-50-25-14-11-22-45(50)46-32-29-39(35-52(46)57)44-21-10-13-24-49(44)56(4,5)6/h7-36H,1-6H3. The number of benzene rings is 8. The van der Waals surface area contributed by atoms with Crippen LogP contribution in [0.25, 0.3) is 88.4 Å². The Morgan fingerprint density at radius 3 is 1.66 bits per heavy atom. The lowest BCUT2D eigenvalue weighted by Gasteiger charge is -2.23. The van der Waals surface area contributed by atoms with Crippen molar-refractivity contribution in [1.29, 1.82) is 0 Å². The molecule has 2 aromatic heterocycles. The van der Waals surface area contributed by atoms with Crippen LogP contribution in [-0.2, 0) is 10.8 Å². The summed E-state index contributed by atoms with van der Waals surface area (Å²) in [5.41, 5.74) is 17.3. The van der Waals surface area contributed by atoms with Crippen LogP contribution in [0.4, 0.5) is 0 Å². The number of rotatable bonds is 5. The summed E-state index contributed by atoms with van der Waals surface area (Å²) in [5.74, 6) is 0. The van der Waals surface area contributed by atoms with E-state index in [2.05, 4.69) is 233 Å². The fourth-order valence-electron chi connectivity index (χ4n) is 9.11. The molecule has 10 rings (SSSR count). The second-order valence-electron chi connectivity index (χ2n) is 17.9. The quantitative estimate of drug-likeness (QED) is 0.166. The molecule has 0 radical (unpaired) electrons. The van der Waals surface area contributed by atoms with Gasteiger partial charge in [0.25, 0.3) is 0 Å². The summed E-state index contributed by atoms with van der Waals surface area (Å²) in [5, 5.41) is 5.04. The van der Waals surface area contributed by atoms with E-state index in [0.29, 0.717) is 0 Å². The van der Waals surface area contributed by atoms with Crippen molar-refractivity contribution in [2.24, 2.45) is 0 Å². The molecular formula is C56H48N2. The third-order valence-corrected chi connectivity index (χ3v) is 12.0. The molecule has 2 heterocycles. The molecule has 0 amide bonds. The van der Waals surface area contributed by atoms with Crippen LogP contribution >= 0.6 is 0 Å². The van der Waals surface area contributed by atoms with Gasteiger partial charge in [0.05, 0.1) is 22.1 Å². The molecule has 8 aromatic carbocycles. The van der Waals surface area contributed by atoms with Crippen molar-refractivity contribution < 1.29 is 0 Å². The summed E-state index contributed by atoms with van der Waals surface area (Å²) in [6.07, 6.45) is 0. The maximum absolute atomic E-state index is 2.45. The van der Waals surface area contributed by atoms with E-state index in [1.807, 2.05) is 0 Å². The first-order valence-electron chi connectivity index (χ1n) is 20.5. The van der Waals surface area contributed by atoms with Gasteiger partial charge in [0.1, 0.15) is 0 Å². The van der Waals surface area contributed by atoms with Crippen LogP contribution < -0.4 is 0 Å². The Balaban J connectivity index is 1.19. The van der Waals surface area contributed by atoms with Crippen LogP contribution in [0.1, 0.15) is 52.7 Å². The predicted octanol–water partition coefficient (Wildman–Crippen LogP) is 15.5. The first-order chi connectivity index (χ1) is 28.0. The minimum atomic E-state index is 0.0274. The van der Waals surface area contributed by atoms with Crippen molar-refractivity contribution >= 4 is 43.6 Å². The number of aromatic nitrogens is 2. The van der Waals surface area contributed by atoms with Gasteiger partial charge in [0.2, 0.25) is 0 Å². The highest BCUT2D eigenvalue weighted by Crippen LogP contribution is 2.43. The Labute approximate surface area is 341 Å². The third kappa shape index (κ3) is 5.94. The van der Waals surface area contributed by atoms with Crippen LogP contribution in [0.5, 0.6) is 0 Å². The monoisotopic (exact) mass is 748 g/mol. The van der Waals surface area contributed by atoms with Crippen LogP contribution in [0.3, 0.4) is 0 Å². The highest BCUT2D eigenvalue weighted by molar-refractivity contribution is 6.17. The molecule has 0 saturated carbocycles. The lowest BCUT2D eigenvalue weighted by Crippen LogP contribution is -2.12. The molecule has 0 spiro atoms. The molecule has 0 saturated heterocycles. The molecule has 0 bridgehead atoms. The second kappa shape index (κ2) is 13.5. The molecule has 2 nitrogen and oxygen atoms in total. The van der Waals surface area contributed by atoms with E-state index in [1.165, 1.54) is 88.1 Å². The highest BCUT2D eigenvalue weighted by atomic mass is 15.0. The number of nitrogens with zero attached hydrogens (tertiary/aromatic N) is 2. The molecule has 58 heavy (non-hydrogen) atoms. The molecule has 0 N–H and O–H groups in total. The maximum Gasteiger partial charge on any atom is 0.0553 e. The highest BCUT2D eigenvalue weighted by Gasteiger charge is 2.22. The maximum atomic E-state index is 2.45. The van der Waals surface area contributed by atoms with Crippen molar-refractivity contribution in [1.82, 2.24) is 9.13 Å². The minimum Gasteiger partial charge on any atom is -0.309 e. The summed E-state index contributed by atoms with van der Waals surface area (Å²) in [6, 6.07) is 67.5. The number of fused-ring (bicyclic) bond motifs is 6. The van der Waals surface area contributed by atoms with Gasteiger partial charge >= 0.3 is 0 Å². The van der Waals surface area contributed by atoms with Gasteiger partial charge in [-0.3, -0.25) is 0 Å². The van der Waals surface area contributed by atoms with E-state index in [9.17, 15) is 0 Å². The molecule has 0 aliphatic rings. The van der Waals surface area contributed by atoms with Crippen LogP contribution in [-0.4, -0.2) is 9.13 Å². The first kappa shape index (κ1) is 35.8. The van der Waals surface area contributed by atoms with Gasteiger partial charge in [-0.05, 0) is 110 Å². The van der Waals surface area contributed by atoms with Gasteiger partial charge in [0, 0.05) is 32.9 Å². The van der Waals surface area contributed by atoms with Gasteiger partial charge in [-0.15, -0.1) is 0 Å². The fourth-order valence-corrected chi connectivity index (χ4v) is 9.11. The Hall–Kier alpha value is -6.64. The molecular weight excluding hydrogens is 701 g/mol. The Bertz CT molecular complexity index is 3160. The normalized spacial score (nSPS) is 12.3. The average molecular weight is 749 g/mol. The minimum absolute atomic E-state index is 0.0274. The number of hydrogen-bond donors (Lipinski definition) is 0. The Morgan fingerprint density at radius 2 is 0.914 bits per heavy atom. The average Bonchev–Trinajstić information content (AvgIpc) is 3.76. The summed E-state index contributed by atoms with van der Waals surface area (Å²) in [7, 11) is 0. The zero-order chi connectivity index (χ0) is 39.8. The first-order valence-corrected chi connectivity index (χ1v) is 20.5. The fraction of sp³-hybridized carbons (Fsp3) is 0.143. The van der Waals surface area contributed by atoms with Crippen molar-refractivity contribution in [3.05, 3.63) is 193 Å². The van der Waals surface area contributed by atoms with E-state index < -0.39 is 0 Å². The van der Waals surface area contributed by atoms with Gasteiger partial charge in [-0.2, -0.15) is 0 Å². The van der Waals surface area contributed by atoms with Crippen molar-refractivity contribution in [2.75, 3.05) is 0 Å². The Morgan fingerprint density at radius 1 is 0.328 bits per heavy atom. The summed E-state index contributed by atoms with van der Waals surface area (Å²) in [6.45, 7) is 13.8. The number of para-hydroxylation sites is 3. The van der Waals surface area contributed by atoms with Gasteiger partial charge in [-0.25, -0.2) is 0 Å². The molecule has 0 aliphatic carbocycles. The summed E-state index contributed by atoms with van der Waals surface area (Å²) < 4.78 is 4.88. The van der Waals surface area contributed by atoms with Crippen molar-refractivity contribution in [3.63, 3.8) is 0 Å². The van der Waals surface area contributed by atoms with Crippen LogP contribution in [0, 0.1) is 0 Å². The van der Waals surface area contributed by atoms with E-state index in [1.54, 1.807) is 0 Å². The molecule has 0 aliphatic heterocycles. The summed E-state index contributed by atoms with van der Waals surface area (Å²) >= 11 is 0. The Kier molecular flexibility index (Phi) is 8.32. The van der Waals surface area contributed by atoms with Crippen molar-refractivity contribution in [2.45, 2.75) is 52.4 Å². The van der Waals surface area contributed by atoms with Crippen LogP contribution in [0.2, 0.25) is 0 Å². The smallest absolute Gasteiger partial charge is 0.0553 e. The third-order valence-electron chi connectivity index (χ3n) is 12.0. The van der Waals surface area contributed by atoms with Gasteiger partial charge in [-0.1, -0.05) is 169 Å². The second-order valence-corrected chi connectivity index (χ2v) is 17.9. The number of hydrogen-bond acceptors (Lipinski definition) is 0.